The maximum absolute atomic E-state index is 11.9. The molecule has 21 heavy (non-hydrogen) atoms. The van der Waals surface area contributed by atoms with Gasteiger partial charge in [-0.15, -0.1) is 0 Å². The molecule has 1 heterocycles. The number of hydrogen-bond acceptors (Lipinski definition) is 6. The summed E-state index contributed by atoms with van der Waals surface area (Å²) in [6, 6.07) is 8.38. The predicted octanol–water partition coefficient (Wildman–Crippen LogP) is 0.346. The predicted molar refractivity (Wildman–Crippen MR) is 70.2 cm³/mol. The van der Waals surface area contributed by atoms with E-state index in [2.05, 4.69) is 9.78 Å². The van der Waals surface area contributed by atoms with Crippen LogP contribution in [0.4, 0.5) is 0 Å². The second-order valence-electron chi connectivity index (χ2n) is 4.11. The van der Waals surface area contributed by atoms with E-state index in [1.165, 1.54) is 0 Å². The molecule has 0 radical (unpaired) electrons. The summed E-state index contributed by atoms with van der Waals surface area (Å²) in [4.78, 5) is 44.2. The van der Waals surface area contributed by atoms with E-state index in [-0.39, 0.29) is 17.8 Å². The van der Waals surface area contributed by atoms with Gasteiger partial charge in [0.2, 0.25) is 6.10 Å². The first-order valence-electron chi connectivity index (χ1n) is 6.20. The lowest BCUT2D eigenvalue weighted by Gasteiger charge is -2.12. The first-order valence-corrected chi connectivity index (χ1v) is 6.20. The number of hydrogen-bond donors (Lipinski definition) is 1. The van der Waals surface area contributed by atoms with E-state index in [9.17, 15) is 14.4 Å². The van der Waals surface area contributed by atoms with Crippen LogP contribution in [-0.4, -0.2) is 30.6 Å². The van der Waals surface area contributed by atoms with Crippen LogP contribution >= 0.6 is 0 Å². The average Bonchev–Trinajstić information content (AvgIpc) is 2.83. The molecule has 1 aliphatic rings. The zero-order valence-electron chi connectivity index (χ0n) is 11.2. The van der Waals surface area contributed by atoms with E-state index in [1.54, 1.807) is 37.3 Å². The Morgan fingerprint density at radius 2 is 1.95 bits per heavy atom. The molecule has 1 atom stereocenters. The summed E-state index contributed by atoms with van der Waals surface area (Å²) in [7, 11) is 0. The number of rotatable bonds is 5. The third-order valence-corrected chi connectivity index (χ3v) is 2.76. The summed E-state index contributed by atoms with van der Waals surface area (Å²) < 4.78 is 4.89. The van der Waals surface area contributed by atoms with Gasteiger partial charge in [-0.1, -0.05) is 30.3 Å². The maximum Gasteiger partial charge on any atom is 0.387 e. The van der Waals surface area contributed by atoms with Gasteiger partial charge in [0.05, 0.1) is 6.61 Å². The van der Waals surface area contributed by atoms with Gasteiger partial charge in [-0.25, -0.2) is 9.59 Å². The Bertz CT molecular complexity index is 607. The van der Waals surface area contributed by atoms with Gasteiger partial charge in [0.25, 0.3) is 5.91 Å². The molecule has 7 heteroatoms. The maximum atomic E-state index is 11.9. The van der Waals surface area contributed by atoms with Gasteiger partial charge >= 0.3 is 11.9 Å². The molecule has 0 aromatic heterocycles. The summed E-state index contributed by atoms with van der Waals surface area (Å²) in [6.07, 6.45) is -1.38. The molecule has 2 rings (SSSR count). The lowest BCUT2D eigenvalue weighted by Crippen LogP contribution is -2.25. The Kier molecular flexibility index (Phi) is 4.34. The fourth-order valence-corrected chi connectivity index (χ4v) is 1.94. The van der Waals surface area contributed by atoms with E-state index in [0.29, 0.717) is 5.56 Å². The van der Waals surface area contributed by atoms with Gasteiger partial charge in [0, 0.05) is 5.57 Å². The molecule has 0 aliphatic carbocycles. The van der Waals surface area contributed by atoms with Crippen molar-refractivity contribution in [2.75, 3.05) is 6.61 Å². The average molecular weight is 291 g/mol. The van der Waals surface area contributed by atoms with Crippen LogP contribution in [0.15, 0.2) is 35.9 Å². The van der Waals surface area contributed by atoms with Crippen LogP contribution in [0.1, 0.15) is 12.5 Å². The van der Waals surface area contributed by atoms with Crippen molar-refractivity contribution in [1.82, 2.24) is 0 Å². The summed E-state index contributed by atoms with van der Waals surface area (Å²) in [5.74, 6) is -2.86. The molecule has 2 N–H and O–H groups in total. The molecule has 1 aliphatic heterocycles. The minimum absolute atomic E-state index is 0.0813. The summed E-state index contributed by atoms with van der Waals surface area (Å²) in [6.45, 7) is 1.76. The van der Waals surface area contributed by atoms with Crippen molar-refractivity contribution in [2.45, 2.75) is 13.0 Å². The minimum atomic E-state index is -1.38. The van der Waals surface area contributed by atoms with Crippen LogP contribution in [0, 0.1) is 0 Å². The van der Waals surface area contributed by atoms with Crippen LogP contribution in [0.25, 0.3) is 5.57 Å². The van der Waals surface area contributed by atoms with Gasteiger partial charge < -0.3 is 10.5 Å². The van der Waals surface area contributed by atoms with Crippen molar-refractivity contribution >= 4 is 23.4 Å². The molecule has 0 fully saturated rings. The lowest BCUT2D eigenvalue weighted by atomic mass is 9.96. The standard InChI is InChI=1S/C14H13NO6/c1-2-19-21-14(18)11-9(8-6-4-3-5-7-8)10(12(15)16)13(17)20-11/h3-7,11H,2H2,1H3,(H2,15,16). The molecule has 1 aromatic carbocycles. The van der Waals surface area contributed by atoms with E-state index in [1.807, 2.05) is 0 Å². The van der Waals surface area contributed by atoms with E-state index < -0.39 is 23.9 Å². The third-order valence-electron chi connectivity index (χ3n) is 2.76. The Morgan fingerprint density at radius 1 is 1.29 bits per heavy atom. The normalized spacial score (nSPS) is 17.6. The first kappa shape index (κ1) is 14.7. The number of cyclic esters (lactones) is 1. The smallest absolute Gasteiger partial charge is 0.387 e. The largest absolute Gasteiger partial charge is 0.441 e. The molecule has 1 amide bonds. The van der Waals surface area contributed by atoms with Crippen LogP contribution in [0.3, 0.4) is 0 Å². The number of ether oxygens (including phenoxy) is 1. The van der Waals surface area contributed by atoms with Gasteiger partial charge in [-0.05, 0) is 12.5 Å². The molecular formula is C14H13NO6. The highest BCUT2D eigenvalue weighted by Gasteiger charge is 2.43. The highest BCUT2D eigenvalue weighted by molar-refractivity contribution is 6.26. The molecule has 1 aromatic rings. The monoisotopic (exact) mass is 291 g/mol. The number of amides is 1. The minimum Gasteiger partial charge on any atom is -0.441 e. The highest BCUT2D eigenvalue weighted by atomic mass is 17.2. The van der Waals surface area contributed by atoms with Crippen molar-refractivity contribution < 1.29 is 28.9 Å². The number of carbonyl (C=O) groups is 3. The van der Waals surface area contributed by atoms with E-state index in [4.69, 9.17) is 10.5 Å². The van der Waals surface area contributed by atoms with Gasteiger partial charge in [-0.2, -0.15) is 4.89 Å². The van der Waals surface area contributed by atoms with Crippen molar-refractivity contribution in [3.63, 3.8) is 0 Å². The van der Waals surface area contributed by atoms with Crippen LogP contribution in [-0.2, 0) is 28.9 Å². The fraction of sp³-hybridized carbons (Fsp3) is 0.214. The molecule has 0 bridgehead atoms. The van der Waals surface area contributed by atoms with E-state index >= 15 is 0 Å². The number of primary amides is 1. The topological polar surface area (TPSA) is 105 Å². The zero-order chi connectivity index (χ0) is 15.4. The number of esters is 1. The summed E-state index contributed by atoms with van der Waals surface area (Å²) >= 11 is 0. The second kappa shape index (κ2) is 6.19. The van der Waals surface area contributed by atoms with Crippen molar-refractivity contribution in [1.29, 1.82) is 0 Å². The van der Waals surface area contributed by atoms with Crippen LogP contribution in [0.5, 0.6) is 0 Å². The summed E-state index contributed by atoms with van der Waals surface area (Å²) in [5.41, 5.74) is 5.39. The zero-order valence-corrected chi connectivity index (χ0v) is 11.2. The Morgan fingerprint density at radius 3 is 2.52 bits per heavy atom. The first-order chi connectivity index (χ1) is 10.1. The Labute approximate surface area is 120 Å². The number of nitrogens with two attached hydrogens (primary N) is 1. The quantitative estimate of drug-likeness (QED) is 0.363. The lowest BCUT2D eigenvalue weighted by molar-refractivity contribution is -0.274. The van der Waals surface area contributed by atoms with E-state index in [0.717, 1.165) is 0 Å². The molecule has 1 unspecified atom stereocenters. The third kappa shape index (κ3) is 2.92. The Hall–Kier alpha value is -2.67. The van der Waals surface area contributed by atoms with Gasteiger partial charge in [-0.3, -0.25) is 9.68 Å². The van der Waals surface area contributed by atoms with Gasteiger partial charge in [0.15, 0.2) is 0 Å². The van der Waals surface area contributed by atoms with Crippen LogP contribution < -0.4 is 5.73 Å². The molecule has 110 valence electrons. The number of benzene rings is 1. The van der Waals surface area contributed by atoms with Crippen molar-refractivity contribution in [3.8, 4) is 0 Å². The molecule has 0 saturated carbocycles. The van der Waals surface area contributed by atoms with Crippen molar-refractivity contribution in [3.05, 3.63) is 41.5 Å². The molecule has 0 spiro atoms. The number of carbonyl (C=O) groups excluding carboxylic acids is 3. The summed E-state index contributed by atoms with van der Waals surface area (Å²) in [5, 5.41) is 0. The molecule has 0 saturated heterocycles. The van der Waals surface area contributed by atoms with Crippen LogP contribution in [0.2, 0.25) is 0 Å². The van der Waals surface area contributed by atoms with Gasteiger partial charge in [0.1, 0.15) is 5.57 Å². The highest BCUT2D eigenvalue weighted by Crippen LogP contribution is 2.32. The SMILES string of the molecule is CCOOC(=O)C1OC(=O)C(C(N)=O)=C1c1ccccc1. The molecular weight excluding hydrogens is 278 g/mol. The Balaban J connectivity index is 2.45. The second-order valence-corrected chi connectivity index (χ2v) is 4.11. The fourth-order valence-electron chi connectivity index (χ4n) is 1.94. The van der Waals surface area contributed by atoms with Crippen molar-refractivity contribution in [2.24, 2.45) is 5.73 Å². The molecule has 7 nitrogen and oxygen atoms in total.